The van der Waals surface area contributed by atoms with E-state index in [0.717, 1.165) is 11.3 Å². The van der Waals surface area contributed by atoms with Crippen molar-refractivity contribution in [3.8, 4) is 17.0 Å². The summed E-state index contributed by atoms with van der Waals surface area (Å²) < 4.78 is 10.5. The maximum Gasteiger partial charge on any atom is 0.340 e. The summed E-state index contributed by atoms with van der Waals surface area (Å²) in [5.74, 6) is -0.682. The number of hydrogen-bond donors (Lipinski definition) is 1. The molecule has 3 aromatic rings. The highest BCUT2D eigenvalue weighted by atomic mass is 35.5. The normalized spacial score (nSPS) is 11.5. The predicted octanol–water partition coefficient (Wildman–Crippen LogP) is 4.90. The van der Waals surface area contributed by atoms with E-state index in [1.165, 1.54) is 14.0 Å². The lowest BCUT2D eigenvalue weighted by Crippen LogP contribution is -2.30. The van der Waals surface area contributed by atoms with Crippen molar-refractivity contribution >= 4 is 29.2 Å². The Hall–Kier alpha value is -3.38. The summed E-state index contributed by atoms with van der Waals surface area (Å²) in [7, 11) is 1.48. The number of rotatable bonds is 6. The molecule has 0 aliphatic rings. The molecule has 1 amide bonds. The van der Waals surface area contributed by atoms with Gasteiger partial charge < -0.3 is 14.8 Å². The Labute approximate surface area is 179 Å². The number of pyridine rings is 1. The lowest BCUT2D eigenvalue weighted by molar-refractivity contribution is -0.123. The molecule has 0 fully saturated rings. The number of carbonyl (C=O) groups is 2. The third-order valence-electron chi connectivity index (χ3n) is 4.45. The molecule has 3 rings (SSSR count). The molecule has 0 radical (unpaired) electrons. The zero-order valence-corrected chi connectivity index (χ0v) is 17.6. The molecule has 2 aromatic carbocycles. The number of hydrogen-bond acceptors (Lipinski definition) is 5. The van der Waals surface area contributed by atoms with Gasteiger partial charge in [0, 0.05) is 10.6 Å². The maximum absolute atomic E-state index is 12.6. The van der Waals surface area contributed by atoms with Gasteiger partial charge in [0.1, 0.15) is 5.75 Å². The van der Waals surface area contributed by atoms with Crippen LogP contribution in [0.4, 0.5) is 5.69 Å². The van der Waals surface area contributed by atoms with Gasteiger partial charge in [0.2, 0.25) is 0 Å². The van der Waals surface area contributed by atoms with E-state index >= 15 is 0 Å². The summed E-state index contributed by atoms with van der Waals surface area (Å²) in [6, 6.07) is 17.9. The molecule has 1 unspecified atom stereocenters. The molecule has 1 N–H and O–H groups in total. The first-order valence-corrected chi connectivity index (χ1v) is 9.65. The minimum atomic E-state index is -1.03. The monoisotopic (exact) mass is 424 g/mol. The van der Waals surface area contributed by atoms with Crippen LogP contribution in [0.2, 0.25) is 5.02 Å². The van der Waals surface area contributed by atoms with E-state index in [0.29, 0.717) is 27.7 Å². The van der Waals surface area contributed by atoms with Crippen LogP contribution in [-0.2, 0) is 9.53 Å². The SMILES string of the molecule is COc1ccc(Cl)cc1NC(=O)C(C)OC(=O)c1ccc(-c2ccccc2)nc1C. The topological polar surface area (TPSA) is 77.5 Å². The number of halogens is 1. The largest absolute Gasteiger partial charge is 0.495 e. The third kappa shape index (κ3) is 4.96. The molecule has 154 valence electrons. The number of ether oxygens (including phenoxy) is 2. The standard InChI is InChI=1S/C23H21ClN2O4/c1-14-18(10-11-19(25-14)16-7-5-4-6-8-16)23(28)30-15(2)22(27)26-20-13-17(24)9-12-21(20)29-3/h4-13,15H,1-3H3,(H,26,27). The molecule has 0 aliphatic heterocycles. The average Bonchev–Trinajstić information content (AvgIpc) is 2.74. The van der Waals surface area contributed by atoms with Gasteiger partial charge in [-0.2, -0.15) is 0 Å². The number of aromatic nitrogens is 1. The number of methoxy groups -OCH3 is 1. The molecule has 1 atom stereocenters. The fourth-order valence-corrected chi connectivity index (χ4v) is 3.01. The van der Waals surface area contributed by atoms with E-state index in [9.17, 15) is 9.59 Å². The highest BCUT2D eigenvalue weighted by Gasteiger charge is 2.22. The van der Waals surface area contributed by atoms with Gasteiger partial charge in [-0.15, -0.1) is 0 Å². The van der Waals surface area contributed by atoms with E-state index in [2.05, 4.69) is 10.3 Å². The van der Waals surface area contributed by atoms with Crippen LogP contribution >= 0.6 is 11.6 Å². The lowest BCUT2D eigenvalue weighted by atomic mass is 10.1. The molecule has 1 heterocycles. The van der Waals surface area contributed by atoms with Gasteiger partial charge in [-0.05, 0) is 44.2 Å². The first-order chi connectivity index (χ1) is 14.4. The molecule has 0 saturated heterocycles. The fraction of sp³-hybridized carbons (Fsp3) is 0.174. The number of amides is 1. The van der Waals surface area contributed by atoms with Gasteiger partial charge >= 0.3 is 5.97 Å². The summed E-state index contributed by atoms with van der Waals surface area (Å²) in [5.41, 5.74) is 2.91. The Bertz CT molecular complexity index is 1070. The highest BCUT2D eigenvalue weighted by Crippen LogP contribution is 2.28. The predicted molar refractivity (Wildman–Crippen MR) is 116 cm³/mol. The Morgan fingerprint density at radius 2 is 1.80 bits per heavy atom. The van der Waals surface area contributed by atoms with Crippen molar-refractivity contribution in [1.82, 2.24) is 4.98 Å². The van der Waals surface area contributed by atoms with Crippen molar-refractivity contribution in [3.63, 3.8) is 0 Å². The second-order valence-electron chi connectivity index (χ2n) is 6.58. The summed E-state index contributed by atoms with van der Waals surface area (Å²) in [4.78, 5) is 29.5. The van der Waals surface area contributed by atoms with Gasteiger partial charge in [-0.25, -0.2) is 4.79 Å². The van der Waals surface area contributed by atoms with Gasteiger partial charge in [-0.3, -0.25) is 9.78 Å². The zero-order chi connectivity index (χ0) is 21.7. The number of anilines is 1. The van der Waals surface area contributed by atoms with Crippen molar-refractivity contribution in [2.24, 2.45) is 0 Å². The van der Waals surface area contributed by atoms with Gasteiger partial charge in [0.25, 0.3) is 5.91 Å². The van der Waals surface area contributed by atoms with Crippen molar-refractivity contribution in [2.75, 3.05) is 12.4 Å². The summed E-state index contributed by atoms with van der Waals surface area (Å²) in [6.45, 7) is 3.22. The summed E-state index contributed by atoms with van der Waals surface area (Å²) in [5, 5.41) is 3.10. The molecule has 1 aromatic heterocycles. The first-order valence-electron chi connectivity index (χ1n) is 9.27. The third-order valence-corrected chi connectivity index (χ3v) is 4.68. The Morgan fingerprint density at radius 3 is 2.47 bits per heavy atom. The van der Waals surface area contributed by atoms with Crippen LogP contribution in [0.1, 0.15) is 23.0 Å². The number of benzene rings is 2. The van der Waals surface area contributed by atoms with Gasteiger partial charge in [0.05, 0.1) is 29.7 Å². The Morgan fingerprint density at radius 1 is 1.07 bits per heavy atom. The van der Waals surface area contributed by atoms with E-state index in [1.54, 1.807) is 37.3 Å². The average molecular weight is 425 g/mol. The van der Waals surface area contributed by atoms with Crippen molar-refractivity contribution in [1.29, 1.82) is 0 Å². The van der Waals surface area contributed by atoms with E-state index in [1.807, 2.05) is 30.3 Å². The van der Waals surface area contributed by atoms with Gasteiger partial charge in [-0.1, -0.05) is 41.9 Å². The Balaban J connectivity index is 1.69. The fourth-order valence-electron chi connectivity index (χ4n) is 2.84. The minimum absolute atomic E-state index is 0.301. The molecular weight excluding hydrogens is 404 g/mol. The van der Waals surface area contributed by atoms with Crippen LogP contribution in [0, 0.1) is 6.92 Å². The minimum Gasteiger partial charge on any atom is -0.495 e. The number of esters is 1. The van der Waals surface area contributed by atoms with E-state index in [4.69, 9.17) is 21.1 Å². The first kappa shape index (κ1) is 21.3. The van der Waals surface area contributed by atoms with Crippen molar-refractivity contribution in [3.05, 3.63) is 76.9 Å². The molecular formula is C23H21ClN2O4. The van der Waals surface area contributed by atoms with E-state index in [-0.39, 0.29) is 0 Å². The highest BCUT2D eigenvalue weighted by molar-refractivity contribution is 6.31. The second kappa shape index (κ2) is 9.41. The zero-order valence-electron chi connectivity index (χ0n) is 16.8. The molecule has 0 spiro atoms. The van der Waals surface area contributed by atoms with Crippen LogP contribution in [0.5, 0.6) is 5.75 Å². The van der Waals surface area contributed by atoms with Crippen LogP contribution in [0.3, 0.4) is 0 Å². The van der Waals surface area contributed by atoms with Crippen molar-refractivity contribution < 1.29 is 19.1 Å². The molecule has 30 heavy (non-hydrogen) atoms. The van der Waals surface area contributed by atoms with Gasteiger partial charge in [0.15, 0.2) is 6.10 Å². The number of nitrogens with zero attached hydrogens (tertiary/aromatic N) is 1. The van der Waals surface area contributed by atoms with Crippen LogP contribution < -0.4 is 10.1 Å². The summed E-state index contributed by atoms with van der Waals surface area (Å²) >= 11 is 5.98. The smallest absolute Gasteiger partial charge is 0.340 e. The number of carbonyl (C=O) groups excluding carboxylic acids is 2. The molecule has 6 nitrogen and oxygen atoms in total. The van der Waals surface area contributed by atoms with E-state index < -0.39 is 18.0 Å². The van der Waals surface area contributed by atoms with Crippen LogP contribution in [0.25, 0.3) is 11.3 Å². The summed E-state index contributed by atoms with van der Waals surface area (Å²) in [6.07, 6.45) is -1.03. The second-order valence-corrected chi connectivity index (χ2v) is 7.01. The van der Waals surface area contributed by atoms with Crippen molar-refractivity contribution in [2.45, 2.75) is 20.0 Å². The number of nitrogens with one attached hydrogen (secondary N) is 1. The quantitative estimate of drug-likeness (QED) is 0.569. The van der Waals surface area contributed by atoms with Crippen LogP contribution in [-0.4, -0.2) is 30.1 Å². The maximum atomic E-state index is 12.6. The molecule has 0 aliphatic carbocycles. The molecule has 0 bridgehead atoms. The molecule has 0 saturated carbocycles. The number of aryl methyl sites for hydroxylation is 1. The molecule has 7 heteroatoms. The Kier molecular flexibility index (Phi) is 6.69. The van der Waals surface area contributed by atoms with Crippen LogP contribution in [0.15, 0.2) is 60.7 Å². The lowest BCUT2D eigenvalue weighted by Gasteiger charge is -2.16.